The summed E-state index contributed by atoms with van der Waals surface area (Å²) in [5.74, 6) is -0.316. The molecule has 0 saturated heterocycles. The van der Waals surface area contributed by atoms with Gasteiger partial charge in [-0.05, 0) is 37.1 Å². The zero-order valence-corrected chi connectivity index (χ0v) is 12.5. The number of hydrogen-bond donors (Lipinski definition) is 1. The molecule has 2 aromatic carbocycles. The fourth-order valence-corrected chi connectivity index (χ4v) is 2.47. The third-order valence-corrected chi connectivity index (χ3v) is 3.68. The van der Waals surface area contributed by atoms with Gasteiger partial charge in [-0.15, -0.1) is 0 Å². The lowest BCUT2D eigenvalue weighted by Gasteiger charge is -2.19. The van der Waals surface area contributed by atoms with E-state index in [1.165, 1.54) is 5.56 Å². The molecule has 0 aliphatic carbocycles. The zero-order chi connectivity index (χ0) is 14.5. The lowest BCUT2D eigenvalue weighted by atomic mass is 9.97. The van der Waals surface area contributed by atoms with E-state index in [9.17, 15) is 4.39 Å². The monoisotopic (exact) mass is 291 g/mol. The van der Waals surface area contributed by atoms with Crippen molar-refractivity contribution in [3.8, 4) is 0 Å². The molecule has 20 heavy (non-hydrogen) atoms. The Morgan fingerprint density at radius 2 is 1.85 bits per heavy atom. The van der Waals surface area contributed by atoms with Gasteiger partial charge >= 0.3 is 0 Å². The van der Waals surface area contributed by atoms with E-state index in [1.807, 2.05) is 0 Å². The second-order valence-corrected chi connectivity index (χ2v) is 5.35. The van der Waals surface area contributed by atoms with Crippen LogP contribution in [0.4, 0.5) is 4.39 Å². The van der Waals surface area contributed by atoms with Gasteiger partial charge in [0.1, 0.15) is 5.82 Å². The Labute approximate surface area is 124 Å². The molecule has 1 unspecified atom stereocenters. The van der Waals surface area contributed by atoms with Crippen LogP contribution in [0.25, 0.3) is 0 Å². The maximum atomic E-state index is 14.0. The third kappa shape index (κ3) is 3.59. The van der Waals surface area contributed by atoms with Gasteiger partial charge in [0.25, 0.3) is 0 Å². The van der Waals surface area contributed by atoms with Gasteiger partial charge in [0.05, 0.1) is 5.02 Å². The molecule has 1 nitrogen and oxygen atoms in total. The van der Waals surface area contributed by atoms with E-state index < -0.39 is 0 Å². The minimum atomic E-state index is -0.316. The van der Waals surface area contributed by atoms with Crippen molar-refractivity contribution in [2.75, 3.05) is 6.54 Å². The van der Waals surface area contributed by atoms with Gasteiger partial charge in [-0.2, -0.15) is 0 Å². The Hall–Kier alpha value is -1.38. The molecule has 0 bridgehead atoms. The summed E-state index contributed by atoms with van der Waals surface area (Å²) in [6.07, 6.45) is 0.587. The first-order chi connectivity index (χ1) is 9.61. The summed E-state index contributed by atoms with van der Waals surface area (Å²) in [6.45, 7) is 4.94. The number of benzene rings is 2. The molecule has 2 rings (SSSR count). The fourth-order valence-electron chi connectivity index (χ4n) is 2.28. The first-order valence-corrected chi connectivity index (χ1v) is 7.22. The molecule has 1 atom stereocenters. The molecule has 0 fully saturated rings. The van der Waals surface area contributed by atoms with E-state index in [0.717, 1.165) is 12.1 Å². The van der Waals surface area contributed by atoms with Crippen LogP contribution in [0, 0.1) is 12.7 Å². The van der Waals surface area contributed by atoms with E-state index in [-0.39, 0.29) is 16.9 Å². The van der Waals surface area contributed by atoms with Crippen LogP contribution in [0.5, 0.6) is 0 Å². The fraction of sp³-hybridized carbons (Fsp3) is 0.294. The molecule has 0 aromatic heterocycles. The average Bonchev–Trinajstić information content (AvgIpc) is 2.44. The van der Waals surface area contributed by atoms with Gasteiger partial charge in [0, 0.05) is 6.04 Å². The highest BCUT2D eigenvalue weighted by molar-refractivity contribution is 6.30. The molecular formula is C17H19ClFN. The molecule has 106 valence electrons. The minimum Gasteiger partial charge on any atom is -0.310 e. The second-order valence-electron chi connectivity index (χ2n) is 4.94. The smallest absolute Gasteiger partial charge is 0.145 e. The number of nitrogens with one attached hydrogen (secondary N) is 1. The molecule has 0 amide bonds. The van der Waals surface area contributed by atoms with Crippen LogP contribution >= 0.6 is 11.6 Å². The van der Waals surface area contributed by atoms with Crippen molar-refractivity contribution in [1.29, 1.82) is 0 Å². The Bertz CT molecular complexity index is 566. The summed E-state index contributed by atoms with van der Waals surface area (Å²) >= 11 is 5.85. The Morgan fingerprint density at radius 1 is 1.15 bits per heavy atom. The van der Waals surface area contributed by atoms with Crippen molar-refractivity contribution >= 4 is 11.6 Å². The van der Waals surface area contributed by atoms with Crippen molar-refractivity contribution in [2.45, 2.75) is 26.3 Å². The average molecular weight is 292 g/mol. The Balaban J connectivity index is 2.25. The van der Waals surface area contributed by atoms with Crippen molar-refractivity contribution in [2.24, 2.45) is 0 Å². The maximum Gasteiger partial charge on any atom is 0.145 e. The molecule has 0 spiro atoms. The van der Waals surface area contributed by atoms with Gasteiger partial charge in [0.2, 0.25) is 0 Å². The molecule has 1 N–H and O–H groups in total. The van der Waals surface area contributed by atoms with Crippen LogP contribution in [-0.2, 0) is 6.42 Å². The summed E-state index contributed by atoms with van der Waals surface area (Å²) in [5, 5.41) is 3.59. The number of halogens is 2. The van der Waals surface area contributed by atoms with Gasteiger partial charge in [-0.25, -0.2) is 4.39 Å². The van der Waals surface area contributed by atoms with Crippen molar-refractivity contribution in [1.82, 2.24) is 5.32 Å². The maximum absolute atomic E-state index is 14.0. The minimum absolute atomic E-state index is 0.0913. The molecule has 2 aromatic rings. The lowest BCUT2D eigenvalue weighted by Crippen LogP contribution is -2.23. The molecule has 3 heteroatoms. The van der Waals surface area contributed by atoms with Crippen LogP contribution < -0.4 is 5.32 Å². The van der Waals surface area contributed by atoms with Gasteiger partial charge in [-0.3, -0.25) is 0 Å². The lowest BCUT2D eigenvalue weighted by molar-refractivity contribution is 0.528. The van der Waals surface area contributed by atoms with Crippen LogP contribution in [0.1, 0.15) is 29.7 Å². The summed E-state index contributed by atoms with van der Waals surface area (Å²) in [4.78, 5) is 0. The molecule has 0 saturated carbocycles. The van der Waals surface area contributed by atoms with Gasteiger partial charge < -0.3 is 5.32 Å². The van der Waals surface area contributed by atoms with E-state index in [4.69, 9.17) is 11.6 Å². The van der Waals surface area contributed by atoms with Crippen LogP contribution in [0.15, 0.2) is 42.5 Å². The summed E-state index contributed by atoms with van der Waals surface area (Å²) in [7, 11) is 0. The Morgan fingerprint density at radius 3 is 2.50 bits per heavy atom. The largest absolute Gasteiger partial charge is 0.310 e. The van der Waals surface area contributed by atoms with Gasteiger partial charge in [-0.1, -0.05) is 60.5 Å². The van der Waals surface area contributed by atoms with E-state index >= 15 is 0 Å². The van der Waals surface area contributed by atoms with E-state index in [0.29, 0.717) is 12.0 Å². The van der Waals surface area contributed by atoms with Crippen molar-refractivity contribution in [3.05, 3.63) is 70.0 Å². The quantitative estimate of drug-likeness (QED) is 0.843. The predicted molar refractivity (Wildman–Crippen MR) is 82.7 cm³/mol. The molecule has 0 aliphatic rings. The normalized spacial score (nSPS) is 12.4. The first kappa shape index (κ1) is 15.0. The van der Waals surface area contributed by atoms with Crippen LogP contribution in [0.3, 0.4) is 0 Å². The third-order valence-electron chi connectivity index (χ3n) is 3.39. The number of rotatable bonds is 5. The van der Waals surface area contributed by atoms with Crippen molar-refractivity contribution in [3.63, 3.8) is 0 Å². The van der Waals surface area contributed by atoms with Crippen LogP contribution in [-0.4, -0.2) is 6.54 Å². The highest BCUT2D eigenvalue weighted by Gasteiger charge is 2.14. The van der Waals surface area contributed by atoms with Crippen molar-refractivity contribution < 1.29 is 4.39 Å². The van der Waals surface area contributed by atoms with E-state index in [1.54, 1.807) is 18.2 Å². The SMILES string of the molecule is CCNC(Cc1cccc(Cl)c1F)c1ccc(C)cc1. The number of hydrogen-bond acceptors (Lipinski definition) is 1. The highest BCUT2D eigenvalue weighted by atomic mass is 35.5. The molecule has 0 aliphatic heterocycles. The predicted octanol–water partition coefficient (Wildman–Crippen LogP) is 4.68. The summed E-state index contributed by atoms with van der Waals surface area (Å²) in [5.41, 5.74) is 3.03. The summed E-state index contributed by atoms with van der Waals surface area (Å²) < 4.78 is 14.0. The Kier molecular flexibility index (Phi) is 5.16. The highest BCUT2D eigenvalue weighted by Crippen LogP contribution is 2.24. The van der Waals surface area contributed by atoms with E-state index in [2.05, 4.69) is 43.4 Å². The topological polar surface area (TPSA) is 12.0 Å². The molecule has 0 heterocycles. The first-order valence-electron chi connectivity index (χ1n) is 6.84. The molecular weight excluding hydrogens is 273 g/mol. The number of likely N-dealkylation sites (N-methyl/N-ethyl adjacent to an activating group) is 1. The zero-order valence-electron chi connectivity index (χ0n) is 11.8. The standard InChI is InChI=1S/C17H19ClFN/c1-3-20-16(13-9-7-12(2)8-10-13)11-14-5-4-6-15(18)17(14)19/h4-10,16,20H,3,11H2,1-2H3. The molecule has 0 radical (unpaired) electrons. The number of aryl methyl sites for hydroxylation is 1. The summed E-state index contributed by atoms with van der Waals surface area (Å²) in [6, 6.07) is 13.6. The van der Waals surface area contributed by atoms with Gasteiger partial charge in [0.15, 0.2) is 0 Å². The van der Waals surface area contributed by atoms with Crippen LogP contribution in [0.2, 0.25) is 5.02 Å². The second kappa shape index (κ2) is 6.87.